The van der Waals surface area contributed by atoms with Crippen molar-refractivity contribution < 1.29 is 14.7 Å². The highest BCUT2D eigenvalue weighted by Gasteiger charge is 2.45. The number of hydrogen-bond acceptors (Lipinski definition) is 4. The van der Waals surface area contributed by atoms with Gasteiger partial charge >= 0.3 is 5.97 Å². The Morgan fingerprint density at radius 2 is 2.10 bits per heavy atom. The van der Waals surface area contributed by atoms with Crippen LogP contribution in [0, 0.1) is 0 Å². The number of carbonyl (C=O) groups excluding carboxylic acids is 1. The summed E-state index contributed by atoms with van der Waals surface area (Å²) >= 11 is 1.56. The van der Waals surface area contributed by atoms with Crippen LogP contribution in [0.2, 0.25) is 0 Å². The van der Waals surface area contributed by atoms with Crippen molar-refractivity contribution in [1.82, 2.24) is 4.90 Å². The molecule has 1 aromatic rings. The molecule has 1 amide bonds. The summed E-state index contributed by atoms with van der Waals surface area (Å²) in [5.74, 6) is -1.17. The van der Waals surface area contributed by atoms with Crippen molar-refractivity contribution in [3.05, 3.63) is 21.9 Å². The van der Waals surface area contributed by atoms with Crippen LogP contribution in [0.1, 0.15) is 42.2 Å². The fourth-order valence-electron chi connectivity index (χ4n) is 3.31. The lowest BCUT2D eigenvalue weighted by molar-refractivity contribution is -0.153. The second-order valence-electron chi connectivity index (χ2n) is 5.65. The maximum Gasteiger partial charge on any atom is 0.331 e. The normalized spacial score (nSPS) is 24.4. The van der Waals surface area contributed by atoms with Gasteiger partial charge in [-0.05, 0) is 36.3 Å². The lowest BCUT2D eigenvalue weighted by Gasteiger charge is -2.38. The molecule has 1 fully saturated rings. The van der Waals surface area contributed by atoms with Crippen molar-refractivity contribution in [2.45, 2.75) is 43.7 Å². The van der Waals surface area contributed by atoms with E-state index in [9.17, 15) is 14.7 Å². The van der Waals surface area contributed by atoms with Gasteiger partial charge in [-0.3, -0.25) is 4.79 Å². The third-order valence-corrected chi connectivity index (χ3v) is 5.38. The van der Waals surface area contributed by atoms with Crippen molar-refractivity contribution in [3.63, 3.8) is 0 Å². The first-order valence-electron chi connectivity index (χ1n) is 6.92. The third kappa shape index (κ3) is 2.03. The second-order valence-corrected chi connectivity index (χ2v) is 6.65. The van der Waals surface area contributed by atoms with Gasteiger partial charge in [0.25, 0.3) is 0 Å². The maximum atomic E-state index is 12.7. The van der Waals surface area contributed by atoms with E-state index < -0.39 is 17.6 Å². The minimum atomic E-state index is -0.973. The van der Waals surface area contributed by atoms with Crippen LogP contribution in [0.15, 0.2) is 11.4 Å². The molecule has 0 aromatic carbocycles. The Balaban J connectivity index is 1.93. The molecule has 1 atom stereocenters. The molecule has 1 saturated carbocycles. The summed E-state index contributed by atoms with van der Waals surface area (Å²) in [6, 6.07) is 0.939. The highest BCUT2D eigenvalue weighted by atomic mass is 32.1. The lowest BCUT2D eigenvalue weighted by atomic mass is 9.92. The Morgan fingerprint density at radius 3 is 2.75 bits per heavy atom. The maximum absolute atomic E-state index is 12.7. The predicted octanol–water partition coefficient (Wildman–Crippen LogP) is 1.53. The molecule has 0 saturated heterocycles. The van der Waals surface area contributed by atoms with Crippen LogP contribution in [0.5, 0.6) is 0 Å². The molecule has 2 aliphatic rings. The Morgan fingerprint density at radius 1 is 1.40 bits per heavy atom. The first-order valence-corrected chi connectivity index (χ1v) is 7.80. The van der Waals surface area contributed by atoms with Gasteiger partial charge in [0, 0.05) is 11.4 Å². The van der Waals surface area contributed by atoms with E-state index in [2.05, 4.69) is 0 Å². The number of carboxylic acid groups (broad SMARTS) is 1. The molecule has 3 N–H and O–H groups in total. The smallest absolute Gasteiger partial charge is 0.331 e. The molecule has 0 radical (unpaired) electrons. The highest BCUT2D eigenvalue weighted by molar-refractivity contribution is 7.10. The number of nitrogens with two attached hydrogens (primary N) is 1. The average Bonchev–Trinajstić information content (AvgIpc) is 3.05. The Hall–Kier alpha value is -1.40. The number of hydrogen-bond donors (Lipinski definition) is 2. The third-order valence-electron chi connectivity index (χ3n) is 4.38. The zero-order valence-corrected chi connectivity index (χ0v) is 12.0. The van der Waals surface area contributed by atoms with E-state index in [4.69, 9.17) is 5.73 Å². The van der Waals surface area contributed by atoms with Crippen molar-refractivity contribution in [2.24, 2.45) is 5.73 Å². The van der Waals surface area contributed by atoms with E-state index in [1.54, 1.807) is 11.3 Å². The summed E-state index contributed by atoms with van der Waals surface area (Å²) in [4.78, 5) is 26.9. The molecule has 5 nitrogen and oxygen atoms in total. The van der Waals surface area contributed by atoms with Crippen LogP contribution in [-0.2, 0) is 16.0 Å². The van der Waals surface area contributed by atoms with Crippen molar-refractivity contribution >= 4 is 23.2 Å². The minimum absolute atomic E-state index is 0.195. The summed E-state index contributed by atoms with van der Waals surface area (Å²) in [6.45, 7) is 0.447. The van der Waals surface area contributed by atoms with Gasteiger partial charge in [0.05, 0.1) is 5.54 Å². The number of amides is 1. The quantitative estimate of drug-likeness (QED) is 0.866. The fourth-order valence-corrected chi connectivity index (χ4v) is 4.21. The van der Waals surface area contributed by atoms with Gasteiger partial charge < -0.3 is 15.7 Å². The molecule has 1 aromatic heterocycles. The molecule has 1 aliphatic carbocycles. The summed E-state index contributed by atoms with van der Waals surface area (Å²) in [5, 5.41) is 11.4. The molecular weight excluding hydrogens is 276 g/mol. The van der Waals surface area contributed by atoms with Gasteiger partial charge in [0.15, 0.2) is 6.04 Å². The van der Waals surface area contributed by atoms with Crippen LogP contribution in [0.25, 0.3) is 0 Å². The van der Waals surface area contributed by atoms with Gasteiger partial charge in [-0.2, -0.15) is 0 Å². The van der Waals surface area contributed by atoms with E-state index in [1.165, 1.54) is 4.90 Å². The van der Waals surface area contributed by atoms with Crippen LogP contribution < -0.4 is 5.73 Å². The van der Waals surface area contributed by atoms with Gasteiger partial charge in [-0.15, -0.1) is 11.3 Å². The lowest BCUT2D eigenvalue weighted by Crippen LogP contribution is -2.56. The molecule has 2 heterocycles. The largest absolute Gasteiger partial charge is 0.479 e. The number of carboxylic acids is 1. The van der Waals surface area contributed by atoms with Crippen LogP contribution >= 0.6 is 11.3 Å². The van der Waals surface area contributed by atoms with Gasteiger partial charge in [-0.1, -0.05) is 12.8 Å². The number of fused-ring (bicyclic) bond motifs is 1. The Labute approximate surface area is 121 Å². The molecule has 0 spiro atoms. The molecule has 1 aliphatic heterocycles. The van der Waals surface area contributed by atoms with E-state index in [1.807, 2.05) is 11.4 Å². The molecule has 20 heavy (non-hydrogen) atoms. The zero-order chi connectivity index (χ0) is 14.3. The molecule has 0 bridgehead atoms. The Kier molecular flexibility index (Phi) is 3.30. The molecular formula is C14H18N2O3S. The van der Waals surface area contributed by atoms with Crippen molar-refractivity contribution in [1.29, 1.82) is 0 Å². The van der Waals surface area contributed by atoms with E-state index in [0.29, 0.717) is 19.4 Å². The number of thiophene rings is 1. The van der Waals surface area contributed by atoms with Gasteiger partial charge in [0.1, 0.15) is 0 Å². The number of carbonyl (C=O) groups is 2. The molecule has 1 unspecified atom stereocenters. The SMILES string of the molecule is NC1(C(=O)N2CCc3sccc3C2C(=O)O)CCCC1. The number of rotatable bonds is 2. The predicted molar refractivity (Wildman–Crippen MR) is 75.5 cm³/mol. The summed E-state index contributed by atoms with van der Waals surface area (Å²) in [6.07, 6.45) is 3.92. The zero-order valence-electron chi connectivity index (χ0n) is 11.2. The molecule has 3 rings (SSSR count). The fraction of sp³-hybridized carbons (Fsp3) is 0.571. The highest BCUT2D eigenvalue weighted by Crippen LogP contribution is 2.37. The van der Waals surface area contributed by atoms with Gasteiger partial charge in [-0.25, -0.2) is 4.79 Å². The summed E-state index contributed by atoms with van der Waals surface area (Å²) in [5.41, 5.74) is 6.10. The summed E-state index contributed by atoms with van der Waals surface area (Å²) < 4.78 is 0. The molecule has 6 heteroatoms. The van der Waals surface area contributed by atoms with E-state index in [-0.39, 0.29) is 5.91 Å². The second kappa shape index (κ2) is 4.86. The van der Waals surface area contributed by atoms with Crippen molar-refractivity contribution in [2.75, 3.05) is 6.54 Å². The molecule has 108 valence electrons. The summed E-state index contributed by atoms with van der Waals surface area (Å²) in [7, 11) is 0. The topological polar surface area (TPSA) is 83.6 Å². The van der Waals surface area contributed by atoms with Crippen molar-refractivity contribution in [3.8, 4) is 0 Å². The average molecular weight is 294 g/mol. The van der Waals surface area contributed by atoms with Crippen LogP contribution in [0.3, 0.4) is 0 Å². The number of nitrogens with zero attached hydrogens (tertiary/aromatic N) is 1. The standard InChI is InChI=1S/C14H18N2O3S/c15-14(5-1-2-6-14)13(19)16-7-3-10-9(4-8-20-10)11(16)12(17)18/h4,8,11H,1-3,5-7,15H2,(H,17,18). The minimum Gasteiger partial charge on any atom is -0.479 e. The van der Waals surface area contributed by atoms with E-state index >= 15 is 0 Å². The van der Waals surface area contributed by atoms with E-state index in [0.717, 1.165) is 29.7 Å². The number of aliphatic carboxylic acids is 1. The van der Waals surface area contributed by atoms with Crippen LogP contribution in [0.4, 0.5) is 0 Å². The first-order chi connectivity index (χ1) is 9.53. The van der Waals surface area contributed by atoms with Gasteiger partial charge in [0.2, 0.25) is 5.91 Å². The first kappa shape index (κ1) is 13.6. The Bertz CT molecular complexity index is 548. The monoisotopic (exact) mass is 294 g/mol. The van der Waals surface area contributed by atoms with Crippen LogP contribution in [-0.4, -0.2) is 34.0 Å².